The summed E-state index contributed by atoms with van der Waals surface area (Å²) in [5.41, 5.74) is 0.874. The summed E-state index contributed by atoms with van der Waals surface area (Å²) in [6.45, 7) is 6.42. The van der Waals surface area contributed by atoms with Gasteiger partial charge in [-0.25, -0.2) is 4.98 Å². The molecule has 5 nitrogen and oxygen atoms in total. The molecule has 1 aliphatic heterocycles. The van der Waals surface area contributed by atoms with Gasteiger partial charge in [0.25, 0.3) is 0 Å². The van der Waals surface area contributed by atoms with Crippen LogP contribution in [-0.2, 0) is 16.1 Å². The normalized spacial score (nSPS) is 18.0. The van der Waals surface area contributed by atoms with Gasteiger partial charge in [0.15, 0.2) is 0 Å². The van der Waals surface area contributed by atoms with E-state index in [0.717, 1.165) is 23.5 Å². The molecule has 1 atom stereocenters. The first kappa shape index (κ1) is 17.3. The topological polar surface area (TPSA) is 62.3 Å². The van der Waals surface area contributed by atoms with Crippen LogP contribution >= 0.6 is 23.1 Å². The molecule has 2 rings (SSSR count). The van der Waals surface area contributed by atoms with E-state index in [1.165, 1.54) is 0 Å². The summed E-state index contributed by atoms with van der Waals surface area (Å²) in [5.74, 6) is 1.35. The minimum Gasteiger partial charge on any atom is -0.349 e. The average molecular weight is 342 g/mol. The van der Waals surface area contributed by atoms with Crippen LogP contribution in [0.25, 0.3) is 0 Å². The molecule has 1 aromatic heterocycles. The monoisotopic (exact) mass is 341 g/mol. The largest absolute Gasteiger partial charge is 0.349 e. The van der Waals surface area contributed by atoms with Gasteiger partial charge in [-0.2, -0.15) is 0 Å². The smallest absolute Gasteiger partial charge is 0.244 e. The van der Waals surface area contributed by atoms with Gasteiger partial charge in [0.05, 0.1) is 23.1 Å². The van der Waals surface area contributed by atoms with Gasteiger partial charge in [0.1, 0.15) is 6.04 Å². The Labute approximate surface area is 139 Å². The molecule has 122 valence electrons. The predicted molar refractivity (Wildman–Crippen MR) is 90.7 cm³/mol. The van der Waals surface area contributed by atoms with E-state index >= 15 is 0 Å². The SMILES string of the molecule is CCC(CC)C(=O)N1CSC[C@@H]1C(=O)NCc1csc(C)n1. The number of amides is 2. The molecule has 0 aromatic carbocycles. The average Bonchev–Trinajstić information content (AvgIpc) is 3.14. The van der Waals surface area contributed by atoms with Crippen molar-refractivity contribution in [2.45, 2.75) is 46.2 Å². The summed E-state index contributed by atoms with van der Waals surface area (Å²) in [6, 6.07) is -0.349. The lowest BCUT2D eigenvalue weighted by atomic mass is 10.0. The number of carbonyl (C=O) groups excluding carboxylic acids is 2. The Hall–Kier alpha value is -1.08. The van der Waals surface area contributed by atoms with E-state index in [0.29, 0.717) is 18.2 Å². The van der Waals surface area contributed by atoms with Crippen LogP contribution in [-0.4, -0.2) is 39.4 Å². The molecular formula is C15H23N3O2S2. The number of hydrogen-bond acceptors (Lipinski definition) is 5. The van der Waals surface area contributed by atoms with Gasteiger partial charge < -0.3 is 10.2 Å². The first-order valence-corrected chi connectivity index (χ1v) is 9.67. The summed E-state index contributed by atoms with van der Waals surface area (Å²) >= 11 is 3.21. The van der Waals surface area contributed by atoms with Crippen LogP contribution in [0.1, 0.15) is 37.4 Å². The van der Waals surface area contributed by atoms with Crippen molar-refractivity contribution < 1.29 is 9.59 Å². The third kappa shape index (κ3) is 4.01. The van der Waals surface area contributed by atoms with Crippen LogP contribution in [0.3, 0.4) is 0 Å². The molecule has 0 aliphatic carbocycles. The standard InChI is InChI=1S/C15H23N3O2S2/c1-4-11(5-2)15(20)18-9-21-8-13(18)14(19)16-6-12-7-22-10(3)17-12/h7,11,13H,4-6,8-9H2,1-3H3,(H,16,19)/t13-/m1/s1. The van der Waals surface area contributed by atoms with Crippen molar-refractivity contribution in [3.8, 4) is 0 Å². The van der Waals surface area contributed by atoms with Gasteiger partial charge in [-0.1, -0.05) is 13.8 Å². The van der Waals surface area contributed by atoms with Crippen molar-refractivity contribution in [1.29, 1.82) is 0 Å². The number of thiazole rings is 1. The Morgan fingerprint density at radius 2 is 2.18 bits per heavy atom. The highest BCUT2D eigenvalue weighted by atomic mass is 32.2. The molecule has 1 N–H and O–H groups in total. The van der Waals surface area contributed by atoms with Gasteiger partial charge in [-0.05, 0) is 19.8 Å². The highest BCUT2D eigenvalue weighted by Gasteiger charge is 2.36. The molecule has 2 heterocycles. The van der Waals surface area contributed by atoms with E-state index in [1.807, 2.05) is 26.2 Å². The lowest BCUT2D eigenvalue weighted by Gasteiger charge is -2.26. The zero-order valence-corrected chi connectivity index (χ0v) is 14.9. The number of thioether (sulfide) groups is 1. The molecule has 0 spiro atoms. The van der Waals surface area contributed by atoms with E-state index in [1.54, 1.807) is 28.0 Å². The number of aryl methyl sites for hydroxylation is 1. The molecule has 0 bridgehead atoms. The molecule has 0 radical (unpaired) electrons. The number of nitrogens with zero attached hydrogens (tertiary/aromatic N) is 2. The minimum atomic E-state index is -0.349. The molecule has 0 saturated carbocycles. The third-order valence-electron chi connectivity index (χ3n) is 3.91. The first-order valence-electron chi connectivity index (χ1n) is 7.63. The van der Waals surface area contributed by atoms with Crippen molar-refractivity contribution in [2.75, 3.05) is 11.6 Å². The van der Waals surface area contributed by atoms with Crippen LogP contribution in [0.4, 0.5) is 0 Å². The second kappa shape index (κ2) is 7.97. The van der Waals surface area contributed by atoms with Crippen molar-refractivity contribution in [3.05, 3.63) is 16.1 Å². The Kier molecular flexibility index (Phi) is 6.26. The van der Waals surface area contributed by atoms with E-state index < -0.39 is 0 Å². The minimum absolute atomic E-state index is 0.0233. The van der Waals surface area contributed by atoms with E-state index in [4.69, 9.17) is 0 Å². The van der Waals surface area contributed by atoms with E-state index in [-0.39, 0.29) is 23.8 Å². The molecule has 1 fully saturated rings. The number of nitrogens with one attached hydrogen (secondary N) is 1. The van der Waals surface area contributed by atoms with Crippen LogP contribution in [0.5, 0.6) is 0 Å². The van der Waals surface area contributed by atoms with Crippen LogP contribution < -0.4 is 5.32 Å². The molecule has 22 heavy (non-hydrogen) atoms. The summed E-state index contributed by atoms with van der Waals surface area (Å²) in [6.07, 6.45) is 1.64. The van der Waals surface area contributed by atoms with Gasteiger partial charge in [-0.3, -0.25) is 9.59 Å². The molecule has 1 saturated heterocycles. The lowest BCUT2D eigenvalue weighted by Crippen LogP contribution is -2.48. The summed E-state index contributed by atoms with van der Waals surface area (Å²) in [4.78, 5) is 31.0. The second-order valence-corrected chi connectivity index (χ2v) is 7.47. The molecule has 7 heteroatoms. The molecule has 0 unspecified atom stereocenters. The van der Waals surface area contributed by atoms with Crippen LogP contribution in [0, 0.1) is 12.8 Å². The Bertz CT molecular complexity index is 529. The number of rotatable bonds is 6. The van der Waals surface area contributed by atoms with Gasteiger partial charge in [0, 0.05) is 17.1 Å². The third-order valence-corrected chi connectivity index (χ3v) is 5.75. The maximum absolute atomic E-state index is 12.5. The van der Waals surface area contributed by atoms with Crippen molar-refractivity contribution in [2.24, 2.45) is 5.92 Å². The zero-order chi connectivity index (χ0) is 16.1. The fraction of sp³-hybridized carbons (Fsp3) is 0.667. The number of aromatic nitrogens is 1. The van der Waals surface area contributed by atoms with Crippen molar-refractivity contribution >= 4 is 34.9 Å². The Balaban J connectivity index is 1.94. The van der Waals surface area contributed by atoms with E-state index in [9.17, 15) is 9.59 Å². The first-order chi connectivity index (χ1) is 10.6. The quantitative estimate of drug-likeness (QED) is 0.863. The van der Waals surface area contributed by atoms with Gasteiger partial charge in [0.2, 0.25) is 11.8 Å². The highest BCUT2D eigenvalue weighted by Crippen LogP contribution is 2.25. The van der Waals surface area contributed by atoms with Gasteiger partial charge >= 0.3 is 0 Å². The molecule has 2 amide bonds. The fourth-order valence-corrected chi connectivity index (χ4v) is 4.31. The summed E-state index contributed by atoms with van der Waals surface area (Å²) in [5, 5.41) is 5.85. The van der Waals surface area contributed by atoms with Crippen LogP contribution in [0.2, 0.25) is 0 Å². The predicted octanol–water partition coefficient (Wildman–Crippen LogP) is 2.41. The zero-order valence-electron chi connectivity index (χ0n) is 13.3. The maximum Gasteiger partial charge on any atom is 0.244 e. The van der Waals surface area contributed by atoms with E-state index in [2.05, 4.69) is 10.3 Å². The van der Waals surface area contributed by atoms with Crippen LogP contribution in [0.15, 0.2) is 5.38 Å². The summed E-state index contributed by atoms with van der Waals surface area (Å²) in [7, 11) is 0. The van der Waals surface area contributed by atoms with Crippen molar-refractivity contribution in [1.82, 2.24) is 15.2 Å². The second-order valence-electron chi connectivity index (χ2n) is 5.41. The fourth-order valence-electron chi connectivity index (χ4n) is 2.53. The van der Waals surface area contributed by atoms with Gasteiger partial charge in [-0.15, -0.1) is 23.1 Å². The molecule has 1 aliphatic rings. The molecular weight excluding hydrogens is 318 g/mol. The maximum atomic E-state index is 12.5. The highest BCUT2D eigenvalue weighted by molar-refractivity contribution is 7.99. The molecule has 1 aromatic rings. The summed E-state index contributed by atoms with van der Waals surface area (Å²) < 4.78 is 0. The lowest BCUT2D eigenvalue weighted by molar-refractivity contribution is -0.141. The number of carbonyl (C=O) groups is 2. The Morgan fingerprint density at radius 1 is 1.45 bits per heavy atom. The number of hydrogen-bond donors (Lipinski definition) is 1. The Morgan fingerprint density at radius 3 is 2.77 bits per heavy atom. The van der Waals surface area contributed by atoms with Crippen molar-refractivity contribution in [3.63, 3.8) is 0 Å².